The maximum atomic E-state index is 14.4. The highest BCUT2D eigenvalue weighted by Crippen LogP contribution is 2.33. The molecule has 2 aromatic heterocycles. The van der Waals surface area contributed by atoms with Gasteiger partial charge >= 0.3 is 0 Å². The van der Waals surface area contributed by atoms with E-state index >= 15 is 0 Å². The first-order valence-corrected chi connectivity index (χ1v) is 9.76. The molecule has 0 saturated heterocycles. The van der Waals surface area contributed by atoms with Crippen molar-refractivity contribution < 1.29 is 13.6 Å². The van der Waals surface area contributed by atoms with Crippen LogP contribution in [0.3, 0.4) is 0 Å². The first-order valence-electron chi connectivity index (χ1n) is 9.76. The predicted octanol–water partition coefficient (Wildman–Crippen LogP) is 5.50. The molecular formula is C22H23F2N3O. The van der Waals surface area contributed by atoms with Gasteiger partial charge in [0, 0.05) is 18.2 Å². The molecule has 28 heavy (non-hydrogen) atoms. The van der Waals surface area contributed by atoms with Crippen molar-refractivity contribution in [1.29, 1.82) is 0 Å². The number of pyridine rings is 1. The van der Waals surface area contributed by atoms with E-state index in [9.17, 15) is 13.6 Å². The zero-order valence-electron chi connectivity index (χ0n) is 15.8. The fourth-order valence-corrected chi connectivity index (χ4v) is 3.97. The number of halogens is 2. The summed E-state index contributed by atoms with van der Waals surface area (Å²) in [4.78, 5) is 17.1. The van der Waals surface area contributed by atoms with E-state index in [0.717, 1.165) is 18.1 Å². The van der Waals surface area contributed by atoms with Gasteiger partial charge in [-0.25, -0.2) is 13.8 Å². The Hall–Kier alpha value is -2.76. The van der Waals surface area contributed by atoms with Crippen LogP contribution in [0.1, 0.15) is 44.1 Å². The average Bonchev–Trinajstić information content (AvgIpc) is 3.30. The van der Waals surface area contributed by atoms with Crippen LogP contribution in [0.4, 0.5) is 14.6 Å². The molecule has 1 aromatic carbocycles. The van der Waals surface area contributed by atoms with E-state index in [0.29, 0.717) is 23.8 Å². The smallest absolute Gasteiger partial charge is 0.225 e. The second-order valence-corrected chi connectivity index (χ2v) is 7.58. The molecule has 1 N–H and O–H groups in total. The summed E-state index contributed by atoms with van der Waals surface area (Å²) in [5.41, 5.74) is 1.83. The topological polar surface area (TPSA) is 46.4 Å². The predicted molar refractivity (Wildman–Crippen MR) is 105 cm³/mol. The molecule has 6 heteroatoms. The van der Waals surface area contributed by atoms with Crippen molar-refractivity contribution in [1.82, 2.24) is 9.38 Å². The summed E-state index contributed by atoms with van der Waals surface area (Å²) >= 11 is 0. The molecule has 0 radical (unpaired) electrons. The van der Waals surface area contributed by atoms with Gasteiger partial charge in [0.05, 0.1) is 0 Å². The summed E-state index contributed by atoms with van der Waals surface area (Å²) in [6.45, 7) is 1.93. The van der Waals surface area contributed by atoms with Crippen LogP contribution in [0.15, 0.2) is 36.5 Å². The highest BCUT2D eigenvalue weighted by molar-refractivity contribution is 5.94. The van der Waals surface area contributed by atoms with Gasteiger partial charge in [0.25, 0.3) is 0 Å². The monoisotopic (exact) mass is 383 g/mol. The third kappa shape index (κ3) is 3.63. The van der Waals surface area contributed by atoms with Gasteiger partial charge in [-0.05, 0) is 49.1 Å². The van der Waals surface area contributed by atoms with Crippen LogP contribution in [-0.2, 0) is 4.79 Å². The standard InChI is InChI=1S/C22H23F2N3O/c1-14-11-12-27-18(13-14)25-21(16-7-4-8-17(23)20(16)24)22(27)26-19(28)10-9-15-5-2-3-6-15/h4,7-8,11-13,15H,2-3,5-6,9-10H2,1H3,(H,26,28). The van der Waals surface area contributed by atoms with Crippen molar-refractivity contribution in [2.24, 2.45) is 5.92 Å². The van der Waals surface area contributed by atoms with Crippen molar-refractivity contribution in [3.05, 3.63) is 53.7 Å². The van der Waals surface area contributed by atoms with E-state index in [1.807, 2.05) is 19.1 Å². The molecule has 2 heterocycles. The maximum Gasteiger partial charge on any atom is 0.225 e. The van der Waals surface area contributed by atoms with Gasteiger partial charge in [-0.1, -0.05) is 31.7 Å². The Balaban J connectivity index is 1.69. The third-order valence-electron chi connectivity index (χ3n) is 5.50. The third-order valence-corrected chi connectivity index (χ3v) is 5.50. The Morgan fingerprint density at radius 3 is 2.82 bits per heavy atom. The molecule has 3 aromatic rings. The molecule has 0 aliphatic heterocycles. The van der Waals surface area contributed by atoms with Gasteiger partial charge in [-0.2, -0.15) is 0 Å². The van der Waals surface area contributed by atoms with Crippen molar-refractivity contribution in [3.8, 4) is 11.3 Å². The number of benzene rings is 1. The maximum absolute atomic E-state index is 14.4. The zero-order valence-corrected chi connectivity index (χ0v) is 15.8. The Morgan fingerprint density at radius 1 is 1.25 bits per heavy atom. The lowest BCUT2D eigenvalue weighted by atomic mass is 10.0. The Bertz CT molecular complexity index is 1020. The molecule has 1 fully saturated rings. The van der Waals surface area contributed by atoms with E-state index in [1.165, 1.54) is 37.8 Å². The first-order chi connectivity index (χ1) is 13.5. The number of fused-ring (bicyclic) bond motifs is 1. The number of amides is 1. The van der Waals surface area contributed by atoms with Gasteiger partial charge < -0.3 is 5.32 Å². The Morgan fingerprint density at radius 2 is 2.04 bits per heavy atom. The number of hydrogen-bond acceptors (Lipinski definition) is 2. The minimum atomic E-state index is -0.968. The van der Waals surface area contributed by atoms with Crippen LogP contribution < -0.4 is 5.32 Å². The minimum absolute atomic E-state index is 0.0347. The van der Waals surface area contributed by atoms with E-state index in [2.05, 4.69) is 10.3 Å². The molecule has 1 amide bonds. The van der Waals surface area contributed by atoms with Gasteiger partial charge in [-0.3, -0.25) is 9.20 Å². The van der Waals surface area contributed by atoms with E-state index in [1.54, 1.807) is 10.6 Å². The number of hydrogen-bond donors (Lipinski definition) is 1. The van der Waals surface area contributed by atoms with Crippen LogP contribution in [0.5, 0.6) is 0 Å². The Kier molecular flexibility index (Phi) is 5.11. The molecule has 1 saturated carbocycles. The molecule has 4 rings (SSSR count). The van der Waals surface area contributed by atoms with Crippen LogP contribution >= 0.6 is 0 Å². The average molecular weight is 383 g/mol. The molecular weight excluding hydrogens is 360 g/mol. The van der Waals surface area contributed by atoms with Gasteiger partial charge in [0.1, 0.15) is 17.2 Å². The number of aromatic nitrogens is 2. The minimum Gasteiger partial charge on any atom is -0.310 e. The quantitative estimate of drug-likeness (QED) is 0.633. The highest BCUT2D eigenvalue weighted by atomic mass is 19.2. The molecule has 0 bridgehead atoms. The lowest BCUT2D eigenvalue weighted by Crippen LogP contribution is -2.15. The van der Waals surface area contributed by atoms with Crippen molar-refractivity contribution in [2.75, 3.05) is 5.32 Å². The fraction of sp³-hybridized carbons (Fsp3) is 0.364. The molecule has 1 aliphatic carbocycles. The summed E-state index contributed by atoms with van der Waals surface area (Å²) in [7, 11) is 0. The van der Waals surface area contributed by atoms with Crippen molar-refractivity contribution in [2.45, 2.75) is 45.4 Å². The Labute approximate surface area is 162 Å². The van der Waals surface area contributed by atoms with Crippen LogP contribution in [0, 0.1) is 24.5 Å². The summed E-state index contributed by atoms with van der Waals surface area (Å²) < 4.78 is 29.9. The highest BCUT2D eigenvalue weighted by Gasteiger charge is 2.22. The molecule has 146 valence electrons. The van der Waals surface area contributed by atoms with Gasteiger partial charge in [-0.15, -0.1) is 0 Å². The molecule has 4 nitrogen and oxygen atoms in total. The number of nitrogens with zero attached hydrogens (tertiary/aromatic N) is 2. The second-order valence-electron chi connectivity index (χ2n) is 7.58. The lowest BCUT2D eigenvalue weighted by Gasteiger charge is -2.11. The molecule has 0 atom stereocenters. The number of imidazole rings is 1. The second kappa shape index (κ2) is 7.70. The van der Waals surface area contributed by atoms with Crippen LogP contribution in [-0.4, -0.2) is 15.3 Å². The fourth-order valence-electron chi connectivity index (χ4n) is 3.97. The van der Waals surface area contributed by atoms with Gasteiger partial charge in [0.15, 0.2) is 11.6 Å². The lowest BCUT2D eigenvalue weighted by molar-refractivity contribution is -0.116. The number of nitrogens with one attached hydrogen (secondary N) is 1. The van der Waals surface area contributed by atoms with E-state index < -0.39 is 11.6 Å². The largest absolute Gasteiger partial charge is 0.310 e. The summed E-state index contributed by atoms with van der Waals surface area (Å²) in [6, 6.07) is 7.71. The summed E-state index contributed by atoms with van der Waals surface area (Å²) in [6.07, 6.45) is 7.89. The normalized spacial score (nSPS) is 14.7. The molecule has 0 unspecified atom stereocenters. The SMILES string of the molecule is Cc1ccn2c(NC(=O)CCC3CCCC3)c(-c3cccc(F)c3F)nc2c1. The number of carbonyl (C=O) groups excluding carboxylic acids is 1. The number of rotatable bonds is 5. The number of aryl methyl sites for hydroxylation is 1. The van der Waals surface area contributed by atoms with Crippen molar-refractivity contribution >= 4 is 17.4 Å². The molecule has 0 spiro atoms. The number of carbonyl (C=O) groups is 1. The summed E-state index contributed by atoms with van der Waals surface area (Å²) in [5.74, 6) is -1.06. The van der Waals surface area contributed by atoms with Crippen LogP contribution in [0.2, 0.25) is 0 Å². The molecule has 1 aliphatic rings. The summed E-state index contributed by atoms with van der Waals surface area (Å²) in [5, 5.41) is 2.89. The van der Waals surface area contributed by atoms with E-state index in [-0.39, 0.29) is 17.2 Å². The first kappa shape index (κ1) is 18.6. The van der Waals surface area contributed by atoms with Crippen molar-refractivity contribution in [3.63, 3.8) is 0 Å². The van der Waals surface area contributed by atoms with Crippen LogP contribution in [0.25, 0.3) is 16.9 Å². The number of anilines is 1. The van der Waals surface area contributed by atoms with Gasteiger partial charge in [0.2, 0.25) is 5.91 Å². The van der Waals surface area contributed by atoms with E-state index in [4.69, 9.17) is 0 Å². The zero-order chi connectivity index (χ0) is 19.7.